The lowest BCUT2D eigenvalue weighted by Crippen LogP contribution is -2.45. The number of fused-ring (bicyclic) bond motifs is 4. The van der Waals surface area contributed by atoms with Crippen LogP contribution in [0.25, 0.3) is 44.8 Å². The van der Waals surface area contributed by atoms with Gasteiger partial charge in [0.15, 0.2) is 5.82 Å². The van der Waals surface area contributed by atoms with Gasteiger partial charge in [0.05, 0.1) is 24.0 Å². The monoisotopic (exact) mass is 619 g/mol. The van der Waals surface area contributed by atoms with Crippen LogP contribution in [0.5, 0.6) is 5.75 Å². The van der Waals surface area contributed by atoms with E-state index < -0.39 is 0 Å². The van der Waals surface area contributed by atoms with Crippen molar-refractivity contribution in [2.24, 2.45) is 12.8 Å². The van der Waals surface area contributed by atoms with Crippen LogP contribution in [-0.4, -0.2) is 68.6 Å². The predicted molar refractivity (Wildman–Crippen MR) is 180 cm³/mol. The van der Waals surface area contributed by atoms with E-state index in [2.05, 4.69) is 22.0 Å². The molecule has 2 aliphatic heterocycles. The van der Waals surface area contributed by atoms with Gasteiger partial charge < -0.3 is 29.8 Å². The van der Waals surface area contributed by atoms with Gasteiger partial charge in [-0.05, 0) is 74.6 Å². The van der Waals surface area contributed by atoms with E-state index in [-0.39, 0.29) is 17.9 Å². The number of nitrogens with one attached hydrogen (secondary N) is 1. The van der Waals surface area contributed by atoms with E-state index in [4.69, 9.17) is 20.4 Å². The second-order valence-corrected chi connectivity index (χ2v) is 12.7. The van der Waals surface area contributed by atoms with Gasteiger partial charge in [-0.2, -0.15) is 0 Å². The first-order valence-electron chi connectivity index (χ1n) is 16.3. The van der Waals surface area contributed by atoms with Crippen molar-refractivity contribution in [1.82, 2.24) is 29.3 Å². The number of imidazole rings is 1. The van der Waals surface area contributed by atoms with Gasteiger partial charge in [0.25, 0.3) is 11.8 Å². The Labute approximate surface area is 268 Å². The van der Waals surface area contributed by atoms with Gasteiger partial charge in [0.1, 0.15) is 16.9 Å². The highest BCUT2D eigenvalue weighted by Gasteiger charge is 2.26. The third-order valence-corrected chi connectivity index (χ3v) is 9.49. The summed E-state index contributed by atoms with van der Waals surface area (Å²) in [5, 5.41) is 4.11. The number of hydrogen-bond donors (Lipinski definition) is 2. The third-order valence-electron chi connectivity index (χ3n) is 9.49. The smallest absolute Gasteiger partial charge is 0.254 e. The number of piperidine rings is 1. The highest BCUT2D eigenvalue weighted by atomic mass is 16.5. The van der Waals surface area contributed by atoms with Crippen molar-refractivity contribution in [1.29, 1.82) is 0 Å². The van der Waals surface area contributed by atoms with Crippen molar-refractivity contribution < 1.29 is 14.3 Å². The van der Waals surface area contributed by atoms with Crippen LogP contribution >= 0.6 is 0 Å². The van der Waals surface area contributed by atoms with Gasteiger partial charge in [-0.25, -0.2) is 9.97 Å². The number of nitrogens with zero attached hydrogens (tertiary/aromatic N) is 5. The Kier molecular flexibility index (Phi) is 7.98. The molecule has 3 aromatic heterocycles. The summed E-state index contributed by atoms with van der Waals surface area (Å²) in [6, 6.07) is 15.8. The first kappa shape index (κ1) is 30.0. The molecule has 2 aliphatic rings. The summed E-state index contributed by atoms with van der Waals surface area (Å²) in [6.07, 6.45) is 5.79. The van der Waals surface area contributed by atoms with Crippen LogP contribution in [0.15, 0.2) is 48.5 Å². The molecule has 238 valence electrons. The summed E-state index contributed by atoms with van der Waals surface area (Å²) in [7, 11) is 3.62. The van der Waals surface area contributed by atoms with Gasteiger partial charge >= 0.3 is 0 Å². The number of carbonyl (C=O) groups is 2. The van der Waals surface area contributed by atoms with E-state index in [1.54, 1.807) is 7.11 Å². The molecule has 5 aromatic rings. The maximum absolute atomic E-state index is 13.5. The summed E-state index contributed by atoms with van der Waals surface area (Å²) in [4.78, 5) is 38.9. The molecule has 46 heavy (non-hydrogen) atoms. The minimum atomic E-state index is -0.0663. The van der Waals surface area contributed by atoms with Crippen molar-refractivity contribution in [3.05, 3.63) is 65.2 Å². The Morgan fingerprint density at radius 2 is 1.87 bits per heavy atom. The van der Waals surface area contributed by atoms with Crippen molar-refractivity contribution in [3.63, 3.8) is 0 Å². The van der Waals surface area contributed by atoms with Crippen LogP contribution in [0.1, 0.15) is 64.8 Å². The van der Waals surface area contributed by atoms with Crippen molar-refractivity contribution in [3.8, 4) is 28.5 Å². The topological polar surface area (TPSA) is 120 Å². The molecule has 1 fully saturated rings. The Hall–Kier alpha value is -4.70. The van der Waals surface area contributed by atoms with Crippen LogP contribution in [0.3, 0.4) is 0 Å². The second kappa shape index (κ2) is 12.2. The summed E-state index contributed by atoms with van der Waals surface area (Å²) in [5.41, 5.74) is 13.3. The molecule has 2 bridgehead atoms. The summed E-state index contributed by atoms with van der Waals surface area (Å²) < 4.78 is 10.2. The molecule has 10 heteroatoms. The van der Waals surface area contributed by atoms with Crippen LogP contribution in [0, 0.1) is 6.92 Å². The average Bonchev–Trinajstić information content (AvgIpc) is 3.59. The van der Waals surface area contributed by atoms with Gasteiger partial charge in [0, 0.05) is 61.3 Å². The van der Waals surface area contributed by atoms with Gasteiger partial charge in [0.2, 0.25) is 0 Å². The molecule has 7 rings (SSSR count). The fourth-order valence-electron chi connectivity index (χ4n) is 7.12. The van der Waals surface area contributed by atoms with Crippen LogP contribution in [0.4, 0.5) is 0 Å². The molecule has 3 N–H and O–H groups in total. The maximum Gasteiger partial charge on any atom is 0.254 e. The zero-order valence-electron chi connectivity index (χ0n) is 26.8. The number of amides is 2. The number of rotatable bonds is 3. The fourth-order valence-corrected chi connectivity index (χ4v) is 7.12. The first-order chi connectivity index (χ1) is 22.3. The molecular weight excluding hydrogens is 578 g/mol. The fraction of sp³-hybridized carbons (Fsp3) is 0.389. The number of methoxy groups -OCH3 is 1. The average molecular weight is 620 g/mol. The lowest BCUT2D eigenvalue weighted by molar-refractivity contribution is 0.0708. The molecule has 5 heterocycles. The van der Waals surface area contributed by atoms with Crippen LogP contribution in [-0.2, 0) is 13.6 Å². The Morgan fingerprint density at radius 3 is 2.70 bits per heavy atom. The number of hydrogen-bond acceptors (Lipinski definition) is 6. The summed E-state index contributed by atoms with van der Waals surface area (Å²) in [5.74, 6) is 1.26. The van der Waals surface area contributed by atoms with E-state index in [0.29, 0.717) is 42.0 Å². The van der Waals surface area contributed by atoms with Gasteiger partial charge in [-0.3, -0.25) is 9.59 Å². The van der Waals surface area contributed by atoms with Gasteiger partial charge in [-0.15, -0.1) is 0 Å². The Morgan fingerprint density at radius 1 is 1.02 bits per heavy atom. The number of benzene rings is 2. The van der Waals surface area contributed by atoms with E-state index in [1.165, 1.54) is 0 Å². The number of aryl methyl sites for hydroxylation is 3. The third kappa shape index (κ3) is 5.30. The van der Waals surface area contributed by atoms with E-state index >= 15 is 0 Å². The minimum Gasteiger partial charge on any atom is -0.494 e. The number of nitrogens with two attached hydrogens (primary N) is 1. The number of ether oxygens (including phenoxy) is 1. The normalized spacial score (nSPS) is 17.6. The van der Waals surface area contributed by atoms with Gasteiger partial charge in [-0.1, -0.05) is 25.0 Å². The molecule has 0 saturated carbocycles. The number of carbonyl (C=O) groups excluding carboxylic acids is 2. The molecule has 1 atom stereocenters. The number of likely N-dealkylation sites (tertiary alicyclic amines) is 1. The van der Waals surface area contributed by atoms with Crippen LogP contribution < -0.4 is 15.8 Å². The highest BCUT2D eigenvalue weighted by molar-refractivity contribution is 6.02. The van der Waals surface area contributed by atoms with Crippen molar-refractivity contribution >= 4 is 33.9 Å². The Balaban J connectivity index is 1.37. The molecule has 0 unspecified atom stereocenters. The lowest BCUT2D eigenvalue weighted by Gasteiger charge is -2.30. The van der Waals surface area contributed by atoms with E-state index in [1.807, 2.05) is 59.8 Å². The van der Waals surface area contributed by atoms with Crippen molar-refractivity contribution in [2.75, 3.05) is 26.7 Å². The van der Waals surface area contributed by atoms with E-state index in [0.717, 1.165) is 90.0 Å². The molecule has 1 saturated heterocycles. The predicted octanol–water partition coefficient (Wildman–Crippen LogP) is 5.44. The molecule has 2 aromatic carbocycles. The van der Waals surface area contributed by atoms with Crippen LogP contribution in [0.2, 0.25) is 0 Å². The zero-order chi connectivity index (χ0) is 31.9. The Bertz CT molecular complexity index is 1970. The maximum atomic E-state index is 13.5. The molecule has 2 amide bonds. The first-order valence-corrected chi connectivity index (χ1v) is 16.3. The number of pyridine rings is 1. The second-order valence-electron chi connectivity index (χ2n) is 12.7. The molecular formula is C36H41N7O3. The molecule has 0 spiro atoms. The number of aromatic nitrogens is 4. The zero-order valence-corrected chi connectivity index (χ0v) is 26.8. The minimum absolute atomic E-state index is 0.00166. The lowest BCUT2D eigenvalue weighted by atomic mass is 9.97. The summed E-state index contributed by atoms with van der Waals surface area (Å²) in [6.45, 7) is 4.70. The molecule has 10 nitrogen and oxygen atoms in total. The quantitative estimate of drug-likeness (QED) is 0.278. The standard InChI is InChI=1S/C36H41N7O3/c1-22-10-8-12-26-31(22)27-14-13-23-19-29(43(33(23)39-27)17-7-5-4-6-15-38-35(26)44)34-40-28-18-24(20-30(46-3)32(28)41(34)2)36(45)42-16-9-11-25(37)21-42/h8,10,12-14,18-20,25H,4-7,9,11,15-17,21,37H2,1-3H3,(H,38,44)/t25-/m1/s1. The van der Waals surface area contributed by atoms with Crippen molar-refractivity contribution in [2.45, 2.75) is 58.0 Å². The highest BCUT2D eigenvalue weighted by Crippen LogP contribution is 2.36. The summed E-state index contributed by atoms with van der Waals surface area (Å²) >= 11 is 0. The molecule has 0 radical (unpaired) electrons. The SMILES string of the molecule is COc1cc(C(=O)N2CCC[C@@H](N)C2)cc2nc(-c3cc4ccc5nc4n3CCCCCCNC(=O)c3cccc(C)c3-5)n(C)c12. The molecule has 0 aliphatic carbocycles. The largest absolute Gasteiger partial charge is 0.494 e. The van der Waals surface area contributed by atoms with E-state index in [9.17, 15) is 9.59 Å².